The molecule has 2 aliphatic heterocycles. The molecule has 0 spiro atoms. The number of benzene rings is 6. The lowest BCUT2D eigenvalue weighted by molar-refractivity contribution is 0.332. The molecular formula is C57H56BN3. The molecule has 0 radical (unpaired) electrons. The fourth-order valence-corrected chi connectivity index (χ4v) is 11.4. The third-order valence-electron chi connectivity index (χ3n) is 15.3. The summed E-state index contributed by atoms with van der Waals surface area (Å²) in [5.41, 5.74) is 22.2. The van der Waals surface area contributed by atoms with Crippen LogP contribution in [-0.2, 0) is 21.7 Å². The Labute approximate surface area is 363 Å². The van der Waals surface area contributed by atoms with Gasteiger partial charge in [-0.25, -0.2) is 0 Å². The highest BCUT2D eigenvalue weighted by Gasteiger charge is 2.45. The molecule has 4 aliphatic rings. The molecule has 2 aliphatic carbocycles. The topological polar surface area (TPSA) is 19.4 Å². The van der Waals surface area contributed by atoms with E-state index in [1.165, 1.54) is 109 Å². The average Bonchev–Trinajstić information content (AvgIpc) is 3.27. The van der Waals surface area contributed by atoms with Crippen molar-refractivity contribution in [2.45, 2.75) is 103 Å². The van der Waals surface area contributed by atoms with E-state index in [2.05, 4.69) is 211 Å². The standard InChI is InChI=1S/C57H56BN3/c1-54(2)27-29-56(5,6)45-33-41(21-23-43(45)54)60-49-31-39(37-15-11-9-12-16-37)19-25-47(49)58-48-26-20-40(38-17-13-10-14-18-38)32-50(48)61(52-36-59-35-51(60)53(52)58)42-22-24-44-46(34-42)57(7,8)30-28-55(44,3)4/h9-26,31-36H,27-30H2,1-8H3. The van der Waals surface area contributed by atoms with Gasteiger partial charge in [0.2, 0.25) is 0 Å². The quantitative estimate of drug-likeness (QED) is 0.165. The van der Waals surface area contributed by atoms with Crippen LogP contribution in [0.25, 0.3) is 22.3 Å². The fourth-order valence-electron chi connectivity index (χ4n) is 11.4. The number of anilines is 6. The van der Waals surface area contributed by atoms with Crippen molar-refractivity contribution < 1.29 is 0 Å². The van der Waals surface area contributed by atoms with Crippen molar-refractivity contribution in [2.24, 2.45) is 0 Å². The highest BCUT2D eigenvalue weighted by Crippen LogP contribution is 2.52. The van der Waals surface area contributed by atoms with Crippen molar-refractivity contribution in [2.75, 3.05) is 9.80 Å². The van der Waals surface area contributed by atoms with Gasteiger partial charge in [0.1, 0.15) is 0 Å². The maximum absolute atomic E-state index is 5.19. The van der Waals surface area contributed by atoms with Crippen molar-refractivity contribution in [1.82, 2.24) is 4.98 Å². The van der Waals surface area contributed by atoms with Crippen LogP contribution in [0.1, 0.15) is 103 Å². The molecule has 3 heterocycles. The van der Waals surface area contributed by atoms with E-state index >= 15 is 0 Å². The number of aromatic nitrogens is 1. The Kier molecular flexibility index (Phi) is 8.31. The first-order valence-corrected chi connectivity index (χ1v) is 22.5. The number of pyridine rings is 1. The molecule has 0 saturated carbocycles. The lowest BCUT2D eigenvalue weighted by Crippen LogP contribution is -2.61. The van der Waals surface area contributed by atoms with E-state index in [-0.39, 0.29) is 28.4 Å². The minimum atomic E-state index is 0.0150. The van der Waals surface area contributed by atoms with Gasteiger partial charge < -0.3 is 9.80 Å². The molecule has 0 fully saturated rings. The molecule has 0 unspecified atom stereocenters. The number of hydrogen-bond donors (Lipinski definition) is 0. The summed E-state index contributed by atoms with van der Waals surface area (Å²) in [5, 5.41) is 0. The number of rotatable bonds is 4. The van der Waals surface area contributed by atoms with E-state index in [0.29, 0.717) is 0 Å². The first kappa shape index (κ1) is 38.1. The summed E-state index contributed by atoms with van der Waals surface area (Å²) in [6, 6.07) is 50.8. The summed E-state index contributed by atoms with van der Waals surface area (Å²) in [7, 11) is 0. The SMILES string of the molecule is CC1(C)CCC(C)(C)c2cc(N3c4cc(-c5ccccc5)ccc4B4c5ccc(-c6ccccc6)cc5N(c5ccc6c(c5)C(C)(C)CCC6(C)C)c5cncc3c54)ccc21. The van der Waals surface area contributed by atoms with Crippen LogP contribution < -0.4 is 26.2 Å². The maximum Gasteiger partial charge on any atom is 0.252 e. The van der Waals surface area contributed by atoms with Crippen molar-refractivity contribution >= 4 is 57.2 Å². The van der Waals surface area contributed by atoms with E-state index in [4.69, 9.17) is 4.98 Å². The van der Waals surface area contributed by atoms with Crippen LogP contribution in [0.15, 0.2) is 146 Å². The second-order valence-electron chi connectivity index (χ2n) is 21.0. The van der Waals surface area contributed by atoms with Crippen LogP contribution in [0, 0.1) is 0 Å². The Morgan fingerprint density at radius 2 is 0.787 bits per heavy atom. The molecule has 1 aromatic heterocycles. The van der Waals surface area contributed by atoms with E-state index in [1.54, 1.807) is 0 Å². The largest absolute Gasteiger partial charge is 0.310 e. The van der Waals surface area contributed by atoms with Gasteiger partial charge in [0.15, 0.2) is 0 Å². The number of nitrogens with zero attached hydrogens (tertiary/aromatic N) is 3. The zero-order valence-electron chi connectivity index (χ0n) is 37.1. The van der Waals surface area contributed by atoms with Gasteiger partial charge in [0.05, 0.1) is 23.8 Å². The van der Waals surface area contributed by atoms with Crippen molar-refractivity contribution in [3.63, 3.8) is 0 Å². The molecule has 0 amide bonds. The van der Waals surface area contributed by atoms with Gasteiger partial charge in [-0.1, -0.05) is 152 Å². The van der Waals surface area contributed by atoms with Gasteiger partial charge >= 0.3 is 0 Å². The number of hydrogen-bond acceptors (Lipinski definition) is 3. The van der Waals surface area contributed by atoms with Crippen LogP contribution in [0.4, 0.5) is 34.1 Å². The van der Waals surface area contributed by atoms with Gasteiger partial charge in [-0.2, -0.15) is 0 Å². The van der Waals surface area contributed by atoms with E-state index in [1.807, 2.05) is 0 Å². The average molecular weight is 794 g/mol. The Hall–Kier alpha value is -5.87. The molecule has 7 aromatic rings. The monoisotopic (exact) mass is 793 g/mol. The van der Waals surface area contributed by atoms with Crippen LogP contribution >= 0.6 is 0 Å². The molecule has 11 rings (SSSR count). The van der Waals surface area contributed by atoms with E-state index in [0.717, 1.165) is 11.4 Å². The predicted octanol–water partition coefficient (Wildman–Crippen LogP) is 13.2. The minimum Gasteiger partial charge on any atom is -0.310 e. The Morgan fingerprint density at radius 1 is 0.393 bits per heavy atom. The summed E-state index contributed by atoms with van der Waals surface area (Å²) in [6.45, 7) is 19.4. The first-order valence-electron chi connectivity index (χ1n) is 22.5. The molecule has 61 heavy (non-hydrogen) atoms. The molecule has 302 valence electrons. The van der Waals surface area contributed by atoms with Crippen molar-refractivity contribution in [3.05, 3.63) is 168 Å². The molecule has 3 nitrogen and oxygen atoms in total. The highest BCUT2D eigenvalue weighted by molar-refractivity contribution is 7.00. The predicted molar refractivity (Wildman–Crippen MR) is 260 cm³/mol. The summed E-state index contributed by atoms with van der Waals surface area (Å²) < 4.78 is 0. The molecule has 6 aromatic carbocycles. The lowest BCUT2D eigenvalue weighted by atomic mass is 9.33. The Bertz CT molecular complexity index is 2690. The fraction of sp³-hybridized carbons (Fsp3) is 0.281. The molecule has 0 bridgehead atoms. The molecule has 0 atom stereocenters. The third-order valence-corrected chi connectivity index (χ3v) is 15.3. The van der Waals surface area contributed by atoms with Crippen LogP contribution in [-0.4, -0.2) is 11.7 Å². The second kappa shape index (κ2) is 13.3. The van der Waals surface area contributed by atoms with Crippen LogP contribution in [0.5, 0.6) is 0 Å². The first-order chi connectivity index (χ1) is 29.2. The Balaban J connectivity index is 1.19. The second-order valence-corrected chi connectivity index (χ2v) is 21.0. The van der Waals surface area contributed by atoms with Crippen LogP contribution in [0.2, 0.25) is 0 Å². The van der Waals surface area contributed by atoms with Gasteiger partial charge in [-0.3, -0.25) is 4.98 Å². The zero-order valence-corrected chi connectivity index (χ0v) is 37.1. The highest BCUT2D eigenvalue weighted by atomic mass is 15.2. The van der Waals surface area contributed by atoms with Crippen LogP contribution in [0.3, 0.4) is 0 Å². The smallest absolute Gasteiger partial charge is 0.252 e. The Morgan fingerprint density at radius 3 is 1.20 bits per heavy atom. The lowest BCUT2D eigenvalue weighted by Gasteiger charge is -2.46. The van der Waals surface area contributed by atoms with Gasteiger partial charge in [0.25, 0.3) is 6.71 Å². The zero-order chi connectivity index (χ0) is 42.1. The molecular weight excluding hydrogens is 737 g/mol. The number of fused-ring (bicyclic) bond motifs is 6. The molecule has 4 heteroatoms. The van der Waals surface area contributed by atoms with Gasteiger partial charge in [0, 0.05) is 22.7 Å². The third kappa shape index (κ3) is 5.88. The summed E-state index contributed by atoms with van der Waals surface area (Å²) >= 11 is 0. The molecule has 0 saturated heterocycles. The van der Waals surface area contributed by atoms with Gasteiger partial charge in [-0.05, 0) is 145 Å². The normalized spacial score (nSPS) is 18.3. The minimum absolute atomic E-state index is 0.0150. The molecule has 0 N–H and O–H groups in total. The summed E-state index contributed by atoms with van der Waals surface area (Å²) in [4.78, 5) is 10.3. The van der Waals surface area contributed by atoms with Crippen molar-refractivity contribution in [1.29, 1.82) is 0 Å². The summed E-state index contributed by atoms with van der Waals surface area (Å²) in [6.07, 6.45) is 8.99. The maximum atomic E-state index is 5.19. The van der Waals surface area contributed by atoms with Crippen molar-refractivity contribution in [3.8, 4) is 22.3 Å². The van der Waals surface area contributed by atoms with E-state index in [9.17, 15) is 0 Å². The van der Waals surface area contributed by atoms with Gasteiger partial charge in [-0.15, -0.1) is 0 Å². The summed E-state index contributed by atoms with van der Waals surface area (Å²) in [5.74, 6) is 0. The van der Waals surface area contributed by atoms with E-state index < -0.39 is 0 Å².